The van der Waals surface area contributed by atoms with E-state index >= 15 is 0 Å². The van der Waals surface area contributed by atoms with Gasteiger partial charge in [0.15, 0.2) is 11.6 Å². The van der Waals surface area contributed by atoms with Gasteiger partial charge in [-0.1, -0.05) is 31.2 Å². The second kappa shape index (κ2) is 5.22. The summed E-state index contributed by atoms with van der Waals surface area (Å²) in [6, 6.07) is 8.67. The minimum atomic E-state index is -0.370. The molecule has 0 radical (unpaired) electrons. The van der Waals surface area contributed by atoms with Crippen molar-refractivity contribution in [3.8, 4) is 6.07 Å². The van der Waals surface area contributed by atoms with Crippen LogP contribution in [0.5, 0.6) is 0 Å². The first kappa shape index (κ1) is 12.1. The molecule has 1 aromatic rings. The SMILES string of the molecule is CC(=O)c1ccccc1C(=O)C(C)CC#N. The first-order valence-corrected chi connectivity index (χ1v) is 5.09. The predicted octanol–water partition coefficient (Wildman–Crippen LogP) is 2.62. The molecule has 0 amide bonds. The van der Waals surface area contributed by atoms with Gasteiger partial charge >= 0.3 is 0 Å². The zero-order valence-electron chi connectivity index (χ0n) is 9.36. The third-order valence-electron chi connectivity index (χ3n) is 2.42. The van der Waals surface area contributed by atoms with E-state index in [-0.39, 0.29) is 23.9 Å². The van der Waals surface area contributed by atoms with Gasteiger partial charge in [0.1, 0.15) is 0 Å². The van der Waals surface area contributed by atoms with Crippen LogP contribution in [0.2, 0.25) is 0 Å². The third kappa shape index (κ3) is 2.54. The molecule has 1 rings (SSSR count). The summed E-state index contributed by atoms with van der Waals surface area (Å²) in [5, 5.41) is 8.54. The summed E-state index contributed by atoms with van der Waals surface area (Å²) in [5.41, 5.74) is 0.843. The van der Waals surface area contributed by atoms with Crippen LogP contribution in [0.25, 0.3) is 0 Å². The second-order valence-corrected chi connectivity index (χ2v) is 3.73. The van der Waals surface area contributed by atoms with Crippen LogP contribution in [0.15, 0.2) is 24.3 Å². The number of ketones is 2. The van der Waals surface area contributed by atoms with Gasteiger partial charge in [-0.3, -0.25) is 9.59 Å². The molecule has 0 aliphatic heterocycles. The Kier molecular flexibility index (Phi) is 3.96. The van der Waals surface area contributed by atoms with Gasteiger partial charge in [-0.15, -0.1) is 0 Å². The molecule has 1 unspecified atom stereocenters. The van der Waals surface area contributed by atoms with Crippen LogP contribution in [0.3, 0.4) is 0 Å². The number of rotatable bonds is 4. The zero-order chi connectivity index (χ0) is 12.1. The lowest BCUT2D eigenvalue weighted by Gasteiger charge is -2.09. The zero-order valence-corrected chi connectivity index (χ0v) is 9.36. The number of nitriles is 1. The summed E-state index contributed by atoms with van der Waals surface area (Å²) in [6.45, 7) is 3.13. The van der Waals surface area contributed by atoms with Crippen molar-refractivity contribution in [3.63, 3.8) is 0 Å². The first-order valence-electron chi connectivity index (χ1n) is 5.09. The fraction of sp³-hybridized carbons (Fsp3) is 0.308. The molecule has 3 nitrogen and oxygen atoms in total. The van der Waals surface area contributed by atoms with E-state index in [1.54, 1.807) is 31.2 Å². The van der Waals surface area contributed by atoms with Crippen molar-refractivity contribution < 1.29 is 9.59 Å². The van der Waals surface area contributed by atoms with E-state index in [4.69, 9.17) is 5.26 Å². The molecule has 0 saturated carbocycles. The first-order chi connectivity index (χ1) is 7.57. The van der Waals surface area contributed by atoms with Crippen LogP contribution in [0.4, 0.5) is 0 Å². The Labute approximate surface area is 94.7 Å². The molecule has 1 aromatic carbocycles. The maximum atomic E-state index is 12.0. The highest BCUT2D eigenvalue weighted by molar-refractivity contribution is 6.08. The molecule has 0 aliphatic carbocycles. The largest absolute Gasteiger partial charge is 0.294 e. The smallest absolute Gasteiger partial charge is 0.167 e. The van der Waals surface area contributed by atoms with Crippen molar-refractivity contribution in [2.24, 2.45) is 5.92 Å². The van der Waals surface area contributed by atoms with E-state index < -0.39 is 0 Å². The van der Waals surface area contributed by atoms with Crippen molar-refractivity contribution in [2.75, 3.05) is 0 Å². The summed E-state index contributed by atoms with van der Waals surface area (Å²) < 4.78 is 0. The van der Waals surface area contributed by atoms with Gasteiger partial charge in [0, 0.05) is 23.5 Å². The Balaban J connectivity index is 3.09. The fourth-order valence-corrected chi connectivity index (χ4v) is 1.50. The van der Waals surface area contributed by atoms with Crippen molar-refractivity contribution >= 4 is 11.6 Å². The van der Waals surface area contributed by atoms with Crippen LogP contribution in [0.1, 0.15) is 41.0 Å². The van der Waals surface area contributed by atoms with Crippen LogP contribution < -0.4 is 0 Å². The number of hydrogen-bond donors (Lipinski definition) is 0. The van der Waals surface area contributed by atoms with Gasteiger partial charge in [0.2, 0.25) is 0 Å². The summed E-state index contributed by atoms with van der Waals surface area (Å²) in [7, 11) is 0. The lowest BCUT2D eigenvalue weighted by Crippen LogP contribution is -2.14. The van der Waals surface area contributed by atoms with E-state index in [1.165, 1.54) is 6.92 Å². The Morgan fingerprint density at radius 3 is 2.38 bits per heavy atom. The maximum absolute atomic E-state index is 12.0. The second-order valence-electron chi connectivity index (χ2n) is 3.73. The van der Waals surface area contributed by atoms with Crippen molar-refractivity contribution in [1.29, 1.82) is 5.26 Å². The summed E-state index contributed by atoms with van der Waals surface area (Å²) in [5.74, 6) is -0.647. The van der Waals surface area contributed by atoms with Crippen LogP contribution in [-0.2, 0) is 0 Å². The van der Waals surface area contributed by atoms with Gasteiger partial charge < -0.3 is 0 Å². The molecular formula is C13H13NO2. The molecular weight excluding hydrogens is 202 g/mol. The molecule has 0 spiro atoms. The van der Waals surface area contributed by atoms with Crippen LogP contribution >= 0.6 is 0 Å². The highest BCUT2D eigenvalue weighted by Gasteiger charge is 2.19. The lowest BCUT2D eigenvalue weighted by molar-refractivity contribution is 0.0920. The number of nitrogens with zero attached hydrogens (tertiary/aromatic N) is 1. The van der Waals surface area contributed by atoms with Gasteiger partial charge in [-0.05, 0) is 6.92 Å². The number of carbonyl (C=O) groups is 2. The minimum Gasteiger partial charge on any atom is -0.294 e. The van der Waals surface area contributed by atoms with Gasteiger partial charge in [-0.2, -0.15) is 5.26 Å². The number of Topliss-reactive ketones (excluding diaryl/α,β-unsaturated/α-hetero) is 2. The Bertz CT molecular complexity index is 457. The van der Waals surface area contributed by atoms with Gasteiger partial charge in [0.05, 0.1) is 6.07 Å². The molecule has 1 atom stereocenters. The molecule has 0 aliphatic rings. The van der Waals surface area contributed by atoms with E-state index in [0.717, 1.165) is 0 Å². The lowest BCUT2D eigenvalue weighted by atomic mass is 9.92. The van der Waals surface area contributed by atoms with Crippen molar-refractivity contribution in [1.82, 2.24) is 0 Å². The third-order valence-corrected chi connectivity index (χ3v) is 2.42. The van der Waals surface area contributed by atoms with E-state index in [2.05, 4.69) is 0 Å². The van der Waals surface area contributed by atoms with Gasteiger partial charge in [0.25, 0.3) is 0 Å². The quantitative estimate of drug-likeness (QED) is 0.725. The van der Waals surface area contributed by atoms with E-state index in [0.29, 0.717) is 11.1 Å². The molecule has 0 fully saturated rings. The molecule has 0 saturated heterocycles. The molecule has 0 aromatic heterocycles. The number of benzene rings is 1. The summed E-state index contributed by atoms with van der Waals surface area (Å²) in [6.07, 6.45) is 0.172. The number of hydrogen-bond acceptors (Lipinski definition) is 3. The molecule has 16 heavy (non-hydrogen) atoms. The van der Waals surface area contributed by atoms with Crippen LogP contribution in [0, 0.1) is 17.2 Å². The Morgan fingerprint density at radius 1 is 1.31 bits per heavy atom. The fourth-order valence-electron chi connectivity index (χ4n) is 1.50. The molecule has 0 heterocycles. The van der Waals surface area contributed by atoms with Gasteiger partial charge in [-0.25, -0.2) is 0 Å². The average Bonchev–Trinajstić information content (AvgIpc) is 2.28. The van der Waals surface area contributed by atoms with Crippen molar-refractivity contribution in [3.05, 3.63) is 35.4 Å². The minimum absolute atomic E-state index is 0.131. The monoisotopic (exact) mass is 215 g/mol. The summed E-state index contributed by atoms with van der Waals surface area (Å²) in [4.78, 5) is 23.3. The van der Waals surface area contributed by atoms with Crippen molar-refractivity contribution in [2.45, 2.75) is 20.3 Å². The normalized spacial score (nSPS) is 11.6. The standard InChI is InChI=1S/C13H13NO2/c1-9(7-8-14)13(16)12-6-4-3-5-11(12)10(2)15/h3-6,9H,7H2,1-2H3. The Hall–Kier alpha value is -1.95. The number of carbonyl (C=O) groups excluding carboxylic acids is 2. The highest BCUT2D eigenvalue weighted by atomic mass is 16.1. The van der Waals surface area contributed by atoms with E-state index in [9.17, 15) is 9.59 Å². The Morgan fingerprint density at radius 2 is 1.88 bits per heavy atom. The van der Waals surface area contributed by atoms with Crippen LogP contribution in [-0.4, -0.2) is 11.6 Å². The molecule has 82 valence electrons. The predicted molar refractivity (Wildman–Crippen MR) is 60.2 cm³/mol. The molecule has 0 bridgehead atoms. The highest BCUT2D eigenvalue weighted by Crippen LogP contribution is 2.16. The molecule has 3 heteroatoms. The average molecular weight is 215 g/mol. The maximum Gasteiger partial charge on any atom is 0.167 e. The van der Waals surface area contributed by atoms with E-state index in [1.807, 2.05) is 6.07 Å². The molecule has 0 N–H and O–H groups in total. The summed E-state index contributed by atoms with van der Waals surface area (Å²) >= 11 is 0. The topological polar surface area (TPSA) is 57.9 Å².